The van der Waals surface area contributed by atoms with Crippen LogP contribution in [0.25, 0.3) is 22.3 Å². The van der Waals surface area contributed by atoms with Crippen LogP contribution in [0.5, 0.6) is 5.75 Å². The molecule has 0 saturated heterocycles. The van der Waals surface area contributed by atoms with E-state index >= 15 is 0 Å². The number of amides is 1. The predicted molar refractivity (Wildman–Crippen MR) is 68.6 cm³/mol. The smallest absolute Gasteiger partial charge is 0.255 e. The molecule has 2 N–H and O–H groups in total. The molecule has 19 heavy (non-hydrogen) atoms. The first-order chi connectivity index (χ1) is 9.24. The molecule has 3 rings (SSSR count). The number of carbonyl (C=O) groups excluding carboxylic acids is 1. The van der Waals surface area contributed by atoms with Gasteiger partial charge in [0.2, 0.25) is 0 Å². The van der Waals surface area contributed by atoms with Crippen molar-refractivity contribution in [2.75, 3.05) is 6.61 Å². The van der Waals surface area contributed by atoms with Crippen LogP contribution in [0.4, 0.5) is 0 Å². The van der Waals surface area contributed by atoms with Crippen molar-refractivity contribution in [3.8, 4) is 17.1 Å². The Morgan fingerprint density at radius 2 is 2.16 bits per heavy atom. The van der Waals surface area contributed by atoms with E-state index in [1.54, 1.807) is 30.7 Å². The summed E-state index contributed by atoms with van der Waals surface area (Å²) in [5.74, 6) is 0.754. The number of benzene rings is 1. The van der Waals surface area contributed by atoms with Crippen LogP contribution in [0.2, 0.25) is 0 Å². The fourth-order valence-corrected chi connectivity index (χ4v) is 1.88. The van der Waals surface area contributed by atoms with Gasteiger partial charge in [0.15, 0.2) is 6.61 Å². The van der Waals surface area contributed by atoms with E-state index in [1.165, 1.54) is 0 Å². The number of primary amides is 1. The Balaban J connectivity index is 2.01. The number of hydrogen-bond donors (Lipinski definition) is 1. The van der Waals surface area contributed by atoms with Gasteiger partial charge in [0.25, 0.3) is 5.91 Å². The molecule has 1 amide bonds. The highest BCUT2D eigenvalue weighted by molar-refractivity contribution is 5.93. The maximum atomic E-state index is 10.7. The third-order valence-corrected chi connectivity index (χ3v) is 2.71. The van der Waals surface area contributed by atoms with Crippen LogP contribution in [0.15, 0.2) is 51.7 Å². The first-order valence-electron chi connectivity index (χ1n) is 5.70. The Hall–Kier alpha value is -2.69. The highest BCUT2D eigenvalue weighted by Crippen LogP contribution is 2.33. The summed E-state index contributed by atoms with van der Waals surface area (Å²) in [6.45, 7) is -0.153. The van der Waals surface area contributed by atoms with E-state index < -0.39 is 5.91 Å². The van der Waals surface area contributed by atoms with Crippen molar-refractivity contribution in [1.82, 2.24) is 0 Å². The summed E-state index contributed by atoms with van der Waals surface area (Å²) in [5, 5.41) is 0.858. The normalized spacial score (nSPS) is 10.7. The first-order valence-corrected chi connectivity index (χ1v) is 5.70. The topological polar surface area (TPSA) is 78.6 Å². The molecule has 0 aliphatic heterocycles. The molecule has 0 spiro atoms. The lowest BCUT2D eigenvalue weighted by Gasteiger charge is -2.03. The molecule has 2 aromatic heterocycles. The largest absolute Gasteiger partial charge is 0.484 e. The lowest BCUT2D eigenvalue weighted by Crippen LogP contribution is -2.19. The van der Waals surface area contributed by atoms with Crippen LogP contribution in [0.1, 0.15) is 0 Å². The molecule has 0 atom stereocenters. The zero-order valence-corrected chi connectivity index (χ0v) is 9.96. The summed E-state index contributed by atoms with van der Waals surface area (Å²) >= 11 is 0. The zero-order chi connectivity index (χ0) is 13.2. The molecule has 96 valence electrons. The van der Waals surface area contributed by atoms with Crippen molar-refractivity contribution < 1.29 is 18.4 Å². The maximum absolute atomic E-state index is 10.7. The predicted octanol–water partition coefficient (Wildman–Crippen LogP) is 2.56. The molecule has 0 unspecified atom stereocenters. The van der Waals surface area contributed by atoms with Gasteiger partial charge in [-0.05, 0) is 30.3 Å². The molecular formula is C14H11NO4. The Labute approximate surface area is 108 Å². The molecular weight excluding hydrogens is 246 g/mol. The van der Waals surface area contributed by atoms with Crippen LogP contribution >= 0.6 is 0 Å². The highest BCUT2D eigenvalue weighted by Gasteiger charge is 2.11. The van der Waals surface area contributed by atoms with Crippen molar-refractivity contribution in [1.29, 1.82) is 0 Å². The summed E-state index contributed by atoms with van der Waals surface area (Å²) in [6.07, 6.45) is 3.23. The molecule has 0 saturated carbocycles. The molecule has 5 nitrogen and oxygen atoms in total. The quantitative estimate of drug-likeness (QED) is 0.779. The monoisotopic (exact) mass is 257 g/mol. The van der Waals surface area contributed by atoms with Crippen molar-refractivity contribution in [2.45, 2.75) is 0 Å². The highest BCUT2D eigenvalue weighted by atomic mass is 16.5. The summed E-state index contributed by atoms with van der Waals surface area (Å²) in [7, 11) is 0. The first kappa shape index (κ1) is 11.4. The molecule has 5 heteroatoms. The summed E-state index contributed by atoms with van der Waals surface area (Å²) in [4.78, 5) is 10.7. The average Bonchev–Trinajstić information content (AvgIpc) is 3.04. The van der Waals surface area contributed by atoms with Crippen LogP contribution in [0, 0.1) is 0 Å². The second-order valence-corrected chi connectivity index (χ2v) is 4.04. The van der Waals surface area contributed by atoms with Gasteiger partial charge in [-0.1, -0.05) is 0 Å². The molecule has 0 aliphatic rings. The van der Waals surface area contributed by atoms with Gasteiger partial charge in [0.05, 0.1) is 11.8 Å². The molecule has 0 bridgehead atoms. The van der Waals surface area contributed by atoms with E-state index in [1.807, 2.05) is 12.1 Å². The van der Waals surface area contributed by atoms with E-state index in [2.05, 4.69) is 0 Å². The molecule has 3 aromatic rings. The minimum Gasteiger partial charge on any atom is -0.484 e. The van der Waals surface area contributed by atoms with Crippen LogP contribution in [0.3, 0.4) is 0 Å². The minimum atomic E-state index is -0.515. The standard InChI is InChI=1S/C14H11NO4/c15-14(16)8-18-9-3-4-13-10(6-9)11(7-19-13)12-2-1-5-17-12/h1-7H,8H2,(H2,15,16). The van der Waals surface area contributed by atoms with E-state index in [0.717, 1.165) is 16.5 Å². The lowest BCUT2D eigenvalue weighted by molar-refractivity contribution is -0.119. The molecule has 0 fully saturated rings. The Morgan fingerprint density at radius 1 is 1.26 bits per heavy atom. The summed E-state index contributed by atoms with van der Waals surface area (Å²) in [6, 6.07) is 8.95. The third-order valence-electron chi connectivity index (χ3n) is 2.71. The van der Waals surface area contributed by atoms with Crippen molar-refractivity contribution in [3.63, 3.8) is 0 Å². The van der Waals surface area contributed by atoms with Crippen LogP contribution in [-0.2, 0) is 4.79 Å². The van der Waals surface area contributed by atoms with Crippen LogP contribution in [-0.4, -0.2) is 12.5 Å². The second-order valence-electron chi connectivity index (χ2n) is 4.04. The molecule has 0 radical (unpaired) electrons. The average molecular weight is 257 g/mol. The van der Waals surface area contributed by atoms with E-state index in [0.29, 0.717) is 11.5 Å². The van der Waals surface area contributed by atoms with Crippen molar-refractivity contribution in [2.24, 2.45) is 5.73 Å². The number of fused-ring (bicyclic) bond motifs is 1. The SMILES string of the molecule is NC(=O)COc1ccc2occ(-c3ccco3)c2c1. The van der Waals surface area contributed by atoms with Gasteiger partial charge in [-0.3, -0.25) is 4.79 Å². The van der Waals surface area contributed by atoms with E-state index in [-0.39, 0.29) is 6.61 Å². The van der Waals surface area contributed by atoms with E-state index in [9.17, 15) is 4.79 Å². The van der Waals surface area contributed by atoms with Gasteiger partial charge in [-0.25, -0.2) is 0 Å². The van der Waals surface area contributed by atoms with Gasteiger partial charge in [-0.15, -0.1) is 0 Å². The fourth-order valence-electron chi connectivity index (χ4n) is 1.88. The van der Waals surface area contributed by atoms with Crippen molar-refractivity contribution >= 4 is 16.9 Å². The number of rotatable bonds is 4. The third kappa shape index (κ3) is 2.18. The zero-order valence-electron chi connectivity index (χ0n) is 9.96. The van der Waals surface area contributed by atoms with Gasteiger partial charge in [0, 0.05) is 5.39 Å². The van der Waals surface area contributed by atoms with Gasteiger partial charge in [-0.2, -0.15) is 0 Å². The van der Waals surface area contributed by atoms with E-state index in [4.69, 9.17) is 19.3 Å². The Bertz CT molecular complexity index is 712. The van der Waals surface area contributed by atoms with Gasteiger partial charge >= 0.3 is 0 Å². The Morgan fingerprint density at radius 3 is 2.89 bits per heavy atom. The number of carbonyl (C=O) groups is 1. The number of furan rings is 2. The number of ether oxygens (including phenoxy) is 1. The number of nitrogens with two attached hydrogens (primary N) is 1. The van der Waals surface area contributed by atoms with Crippen LogP contribution < -0.4 is 10.5 Å². The summed E-state index contributed by atoms with van der Waals surface area (Å²) in [5.41, 5.74) is 6.60. The maximum Gasteiger partial charge on any atom is 0.255 e. The van der Waals surface area contributed by atoms with Gasteiger partial charge in [0.1, 0.15) is 23.4 Å². The van der Waals surface area contributed by atoms with Crippen molar-refractivity contribution in [3.05, 3.63) is 42.9 Å². The second kappa shape index (κ2) is 4.53. The summed E-state index contributed by atoms with van der Waals surface area (Å²) < 4.78 is 16.1. The van der Waals surface area contributed by atoms with Gasteiger partial charge < -0.3 is 19.3 Å². The molecule has 1 aromatic carbocycles. The number of hydrogen-bond acceptors (Lipinski definition) is 4. The lowest BCUT2D eigenvalue weighted by atomic mass is 10.1. The fraction of sp³-hybridized carbons (Fsp3) is 0.0714. The molecule has 2 heterocycles. The Kier molecular flexibility index (Phi) is 2.72. The molecule has 0 aliphatic carbocycles. The minimum absolute atomic E-state index is 0.153.